The van der Waals surface area contributed by atoms with E-state index in [0.29, 0.717) is 24.4 Å². The third-order valence-electron chi connectivity index (χ3n) is 9.24. The first-order valence-electron chi connectivity index (χ1n) is 13.0. The Morgan fingerprint density at radius 1 is 1.03 bits per heavy atom. The van der Waals surface area contributed by atoms with Crippen LogP contribution in [0, 0.1) is 37.0 Å². The average Bonchev–Trinajstić information content (AvgIpc) is 3.34. The third-order valence-corrected chi connectivity index (χ3v) is 9.24. The Bertz CT molecular complexity index is 766. The van der Waals surface area contributed by atoms with Gasteiger partial charge in [-0.25, -0.2) is 0 Å². The first-order chi connectivity index (χ1) is 15.0. The van der Waals surface area contributed by atoms with E-state index < -0.39 is 0 Å². The standard InChI is InChI=1S/C26H38O3.C2H6/c1-17-14-19-7-8-22-21(23(19)15-18(17)2)9-10-25(3)24(22)20(6-4-5-11-27)16-26(25)28-12-13-29-26;1-2/h14-15,20-22,24,27H,4-13,16H2,1-3H3;1-2H3/t20-,21?,22-,24?,25+;/m1./s1. The summed E-state index contributed by atoms with van der Waals surface area (Å²) in [4.78, 5) is 0. The molecular weight excluding hydrogens is 384 g/mol. The predicted molar refractivity (Wildman–Crippen MR) is 126 cm³/mol. The molecule has 0 aromatic heterocycles. The second-order valence-electron chi connectivity index (χ2n) is 10.6. The number of hydrogen-bond donors (Lipinski definition) is 1. The highest BCUT2D eigenvalue weighted by molar-refractivity contribution is 5.42. The van der Waals surface area contributed by atoms with E-state index in [0.717, 1.165) is 38.4 Å². The zero-order valence-corrected chi connectivity index (χ0v) is 20.5. The van der Waals surface area contributed by atoms with Gasteiger partial charge in [0, 0.05) is 18.4 Å². The molecular formula is C28H44O3. The number of aryl methyl sites for hydroxylation is 3. The lowest BCUT2D eigenvalue weighted by Crippen LogP contribution is -2.51. The summed E-state index contributed by atoms with van der Waals surface area (Å²) < 4.78 is 12.8. The van der Waals surface area contributed by atoms with E-state index in [2.05, 4.69) is 32.9 Å². The summed E-state index contributed by atoms with van der Waals surface area (Å²) in [6, 6.07) is 4.98. The molecule has 5 rings (SSSR count). The molecule has 0 amide bonds. The van der Waals surface area contributed by atoms with Crippen molar-refractivity contribution < 1.29 is 14.6 Å². The topological polar surface area (TPSA) is 38.7 Å². The number of unbranched alkanes of at least 4 members (excludes halogenated alkanes) is 1. The number of aliphatic hydroxyl groups excluding tert-OH is 1. The first kappa shape index (κ1) is 23.3. The normalized spacial score (nSPS) is 35.2. The molecule has 1 heterocycles. The lowest BCUT2D eigenvalue weighted by molar-refractivity contribution is -0.237. The Morgan fingerprint density at radius 3 is 2.45 bits per heavy atom. The van der Waals surface area contributed by atoms with Crippen molar-refractivity contribution in [1.82, 2.24) is 0 Å². The Labute approximate surface area is 189 Å². The second-order valence-corrected chi connectivity index (χ2v) is 10.6. The van der Waals surface area contributed by atoms with Crippen molar-refractivity contribution in [3.05, 3.63) is 34.4 Å². The van der Waals surface area contributed by atoms with Crippen molar-refractivity contribution in [3.63, 3.8) is 0 Å². The van der Waals surface area contributed by atoms with Crippen LogP contribution in [0.25, 0.3) is 0 Å². The molecule has 1 aliphatic heterocycles. The smallest absolute Gasteiger partial charge is 0.174 e. The van der Waals surface area contributed by atoms with Crippen LogP contribution in [0.2, 0.25) is 0 Å². The lowest BCUT2D eigenvalue weighted by atomic mass is 9.53. The lowest BCUT2D eigenvalue weighted by Gasteiger charge is -2.53. The summed E-state index contributed by atoms with van der Waals surface area (Å²) in [5.74, 6) is 2.43. The minimum Gasteiger partial charge on any atom is -0.396 e. The van der Waals surface area contributed by atoms with Gasteiger partial charge < -0.3 is 14.6 Å². The van der Waals surface area contributed by atoms with E-state index >= 15 is 0 Å². The minimum absolute atomic E-state index is 0.131. The highest BCUT2D eigenvalue weighted by atomic mass is 16.7. The first-order valence-corrected chi connectivity index (χ1v) is 13.0. The molecule has 174 valence electrons. The summed E-state index contributed by atoms with van der Waals surface area (Å²) >= 11 is 0. The maximum Gasteiger partial charge on any atom is 0.174 e. The van der Waals surface area contributed by atoms with Gasteiger partial charge in [-0.05, 0) is 98.3 Å². The van der Waals surface area contributed by atoms with Crippen molar-refractivity contribution in [2.75, 3.05) is 19.8 Å². The summed E-state index contributed by atoms with van der Waals surface area (Å²) in [5, 5.41) is 9.32. The highest BCUT2D eigenvalue weighted by Gasteiger charge is 2.68. The average molecular weight is 429 g/mol. The maximum absolute atomic E-state index is 9.32. The van der Waals surface area contributed by atoms with Crippen molar-refractivity contribution >= 4 is 0 Å². The maximum atomic E-state index is 9.32. The zero-order chi connectivity index (χ0) is 22.2. The van der Waals surface area contributed by atoms with Crippen LogP contribution in [-0.2, 0) is 15.9 Å². The zero-order valence-electron chi connectivity index (χ0n) is 20.5. The molecule has 1 N–H and O–H groups in total. The summed E-state index contributed by atoms with van der Waals surface area (Å²) in [6.45, 7) is 12.8. The van der Waals surface area contributed by atoms with Gasteiger partial charge in [0.15, 0.2) is 5.79 Å². The largest absolute Gasteiger partial charge is 0.396 e. The van der Waals surface area contributed by atoms with Crippen LogP contribution < -0.4 is 0 Å². The van der Waals surface area contributed by atoms with Gasteiger partial charge in [-0.2, -0.15) is 0 Å². The fraction of sp³-hybridized carbons (Fsp3) is 0.786. The number of aliphatic hydroxyl groups is 1. The molecule has 31 heavy (non-hydrogen) atoms. The van der Waals surface area contributed by atoms with Gasteiger partial charge in [0.1, 0.15) is 0 Å². The third kappa shape index (κ3) is 3.69. The van der Waals surface area contributed by atoms with Crippen molar-refractivity contribution in [2.24, 2.45) is 23.2 Å². The molecule has 1 saturated heterocycles. The van der Waals surface area contributed by atoms with Crippen LogP contribution in [0.4, 0.5) is 0 Å². The molecule has 5 atom stereocenters. The summed E-state index contributed by atoms with van der Waals surface area (Å²) in [6.07, 6.45) is 9.32. The highest BCUT2D eigenvalue weighted by Crippen LogP contribution is 2.68. The molecule has 2 unspecified atom stereocenters. The molecule has 4 aliphatic rings. The fourth-order valence-electron chi connectivity index (χ4n) is 7.83. The Kier molecular flexibility index (Phi) is 6.87. The van der Waals surface area contributed by atoms with Gasteiger partial charge >= 0.3 is 0 Å². The van der Waals surface area contributed by atoms with Crippen LogP contribution >= 0.6 is 0 Å². The van der Waals surface area contributed by atoms with Gasteiger partial charge in [0.2, 0.25) is 0 Å². The summed E-state index contributed by atoms with van der Waals surface area (Å²) in [5.41, 5.74) is 6.27. The van der Waals surface area contributed by atoms with Crippen LogP contribution in [0.3, 0.4) is 0 Å². The molecule has 2 saturated carbocycles. The monoisotopic (exact) mass is 428 g/mol. The van der Waals surface area contributed by atoms with Crippen LogP contribution in [0.15, 0.2) is 12.1 Å². The van der Waals surface area contributed by atoms with Crippen LogP contribution in [-0.4, -0.2) is 30.7 Å². The van der Waals surface area contributed by atoms with Gasteiger partial charge in [-0.1, -0.05) is 39.3 Å². The van der Waals surface area contributed by atoms with Gasteiger partial charge in [0.25, 0.3) is 0 Å². The van der Waals surface area contributed by atoms with E-state index in [-0.39, 0.29) is 11.2 Å². The SMILES string of the molecule is CC.Cc1cc2c(cc1C)C1CC[C@@]3(C)C([C@H](CCCCO)CC34OCCO4)[C@@H]1CC2. The Balaban J connectivity index is 0.00000112. The predicted octanol–water partition coefficient (Wildman–Crippen LogP) is 6.32. The fourth-order valence-corrected chi connectivity index (χ4v) is 7.83. The molecule has 3 fully saturated rings. The Hall–Kier alpha value is -0.900. The number of rotatable bonds is 4. The van der Waals surface area contributed by atoms with Crippen molar-refractivity contribution in [1.29, 1.82) is 0 Å². The van der Waals surface area contributed by atoms with E-state index in [4.69, 9.17) is 9.47 Å². The molecule has 3 aliphatic carbocycles. The Morgan fingerprint density at radius 2 is 1.74 bits per heavy atom. The number of fused-ring (bicyclic) bond motifs is 6. The number of hydrogen-bond acceptors (Lipinski definition) is 3. The van der Waals surface area contributed by atoms with E-state index in [1.54, 1.807) is 11.1 Å². The van der Waals surface area contributed by atoms with Crippen LogP contribution in [0.1, 0.15) is 93.9 Å². The minimum atomic E-state index is -0.351. The molecule has 1 aromatic carbocycles. The molecule has 0 bridgehead atoms. The van der Waals surface area contributed by atoms with E-state index in [1.807, 2.05) is 13.8 Å². The van der Waals surface area contributed by atoms with Gasteiger partial charge in [-0.3, -0.25) is 0 Å². The summed E-state index contributed by atoms with van der Waals surface area (Å²) in [7, 11) is 0. The van der Waals surface area contributed by atoms with Gasteiger partial charge in [-0.15, -0.1) is 0 Å². The second kappa shape index (κ2) is 9.15. The molecule has 3 heteroatoms. The quantitative estimate of drug-likeness (QED) is 0.571. The number of benzene rings is 1. The molecule has 0 radical (unpaired) electrons. The van der Waals surface area contributed by atoms with Crippen molar-refractivity contribution in [2.45, 2.75) is 97.7 Å². The number of ether oxygens (including phenoxy) is 2. The molecule has 1 aromatic rings. The van der Waals surface area contributed by atoms with Crippen LogP contribution in [0.5, 0.6) is 0 Å². The molecule has 1 spiro atoms. The van der Waals surface area contributed by atoms with Crippen molar-refractivity contribution in [3.8, 4) is 0 Å². The van der Waals surface area contributed by atoms with E-state index in [1.165, 1.54) is 43.2 Å². The molecule has 3 nitrogen and oxygen atoms in total. The van der Waals surface area contributed by atoms with E-state index in [9.17, 15) is 5.11 Å². The van der Waals surface area contributed by atoms with Gasteiger partial charge in [0.05, 0.1) is 13.2 Å².